The van der Waals surface area contributed by atoms with Crippen LogP contribution in [0.15, 0.2) is 58.8 Å². The summed E-state index contributed by atoms with van der Waals surface area (Å²) >= 11 is 1.37. The van der Waals surface area contributed by atoms with E-state index in [1.165, 1.54) is 15.6 Å². The van der Waals surface area contributed by atoms with Crippen molar-refractivity contribution in [2.45, 2.75) is 25.3 Å². The van der Waals surface area contributed by atoms with Gasteiger partial charge in [0, 0.05) is 25.0 Å². The summed E-state index contributed by atoms with van der Waals surface area (Å²) in [7, 11) is -1.90. The summed E-state index contributed by atoms with van der Waals surface area (Å²) in [6.07, 6.45) is 0. The largest absolute Gasteiger partial charge is 0.496 e. The van der Waals surface area contributed by atoms with Crippen molar-refractivity contribution in [1.29, 1.82) is 0 Å². The van der Waals surface area contributed by atoms with Crippen molar-refractivity contribution in [3.8, 4) is 16.3 Å². The molecule has 0 radical (unpaired) electrons. The van der Waals surface area contributed by atoms with Crippen LogP contribution >= 0.6 is 11.3 Å². The second-order valence-electron chi connectivity index (χ2n) is 6.65. The summed E-state index contributed by atoms with van der Waals surface area (Å²) in [6, 6.07) is 14.1. The highest BCUT2D eigenvalue weighted by molar-refractivity contribution is 7.89. The molecule has 31 heavy (non-hydrogen) atoms. The summed E-state index contributed by atoms with van der Waals surface area (Å²) in [5.41, 5.74) is 1.96. The van der Waals surface area contributed by atoms with E-state index in [1.807, 2.05) is 38.1 Å². The Bertz CT molecular complexity index is 1140. The van der Waals surface area contributed by atoms with E-state index in [0.29, 0.717) is 29.5 Å². The van der Waals surface area contributed by atoms with Crippen molar-refractivity contribution >= 4 is 27.3 Å². The minimum atomic E-state index is -3.49. The van der Waals surface area contributed by atoms with Gasteiger partial charge >= 0.3 is 0 Å². The van der Waals surface area contributed by atoms with E-state index in [1.54, 1.807) is 36.8 Å². The Balaban J connectivity index is 1.66. The number of ether oxygens (including phenoxy) is 1. The molecule has 3 rings (SSSR count). The van der Waals surface area contributed by atoms with Crippen LogP contribution in [0.25, 0.3) is 10.6 Å². The lowest BCUT2D eigenvalue weighted by Crippen LogP contribution is -2.30. The van der Waals surface area contributed by atoms with Gasteiger partial charge in [-0.05, 0) is 29.8 Å². The summed E-state index contributed by atoms with van der Waals surface area (Å²) in [6.45, 7) is 4.72. The minimum Gasteiger partial charge on any atom is -0.496 e. The number of methoxy groups -OCH3 is 1. The van der Waals surface area contributed by atoms with Crippen LogP contribution in [0.3, 0.4) is 0 Å². The van der Waals surface area contributed by atoms with E-state index in [2.05, 4.69) is 10.3 Å². The molecule has 1 aromatic heterocycles. The summed E-state index contributed by atoms with van der Waals surface area (Å²) in [4.78, 5) is 17.2. The van der Waals surface area contributed by atoms with Crippen LogP contribution in [0.1, 0.15) is 29.9 Å². The molecule has 0 aliphatic heterocycles. The highest BCUT2D eigenvalue weighted by Gasteiger charge is 2.21. The van der Waals surface area contributed by atoms with Crippen molar-refractivity contribution in [3.05, 3.63) is 65.2 Å². The fourth-order valence-corrected chi connectivity index (χ4v) is 5.38. The lowest BCUT2D eigenvalue weighted by Gasteiger charge is -2.18. The van der Waals surface area contributed by atoms with Gasteiger partial charge in [-0.2, -0.15) is 4.31 Å². The van der Waals surface area contributed by atoms with E-state index < -0.39 is 10.0 Å². The number of hydrogen-bond donors (Lipinski definition) is 1. The Morgan fingerprint density at radius 3 is 2.42 bits per heavy atom. The van der Waals surface area contributed by atoms with Crippen LogP contribution in [0.2, 0.25) is 0 Å². The summed E-state index contributed by atoms with van der Waals surface area (Å²) in [5.74, 6) is 0.404. The number of amides is 1. The maximum absolute atomic E-state index is 12.6. The van der Waals surface area contributed by atoms with Crippen molar-refractivity contribution in [1.82, 2.24) is 14.6 Å². The van der Waals surface area contributed by atoms with Crippen LogP contribution in [0, 0.1) is 0 Å². The molecule has 7 nitrogen and oxygen atoms in total. The number of carbonyl (C=O) groups is 1. The van der Waals surface area contributed by atoms with E-state index in [-0.39, 0.29) is 17.3 Å². The number of thiazole rings is 1. The van der Waals surface area contributed by atoms with E-state index >= 15 is 0 Å². The highest BCUT2D eigenvalue weighted by atomic mass is 32.2. The number of carbonyl (C=O) groups excluding carboxylic acids is 1. The van der Waals surface area contributed by atoms with Gasteiger partial charge in [0.2, 0.25) is 10.0 Å². The zero-order valence-electron chi connectivity index (χ0n) is 17.7. The number of para-hydroxylation sites is 1. The molecule has 0 atom stereocenters. The molecule has 1 N–H and O–H groups in total. The third kappa shape index (κ3) is 5.12. The average Bonchev–Trinajstić information content (AvgIpc) is 3.28. The lowest BCUT2D eigenvalue weighted by molar-refractivity contribution is 0.0946. The van der Waals surface area contributed by atoms with E-state index in [9.17, 15) is 13.2 Å². The molecule has 2 aromatic carbocycles. The molecular weight excluding hydrogens is 434 g/mol. The van der Waals surface area contributed by atoms with E-state index in [4.69, 9.17) is 4.74 Å². The quantitative estimate of drug-likeness (QED) is 0.526. The van der Waals surface area contributed by atoms with Gasteiger partial charge < -0.3 is 10.1 Å². The van der Waals surface area contributed by atoms with Gasteiger partial charge in [-0.15, -0.1) is 11.3 Å². The Kier molecular flexibility index (Phi) is 7.42. The molecule has 0 saturated carbocycles. The van der Waals surface area contributed by atoms with Crippen LogP contribution in [-0.2, 0) is 16.6 Å². The van der Waals surface area contributed by atoms with E-state index in [0.717, 1.165) is 11.1 Å². The molecule has 1 heterocycles. The maximum atomic E-state index is 12.6. The number of nitrogens with zero attached hydrogens (tertiary/aromatic N) is 2. The topological polar surface area (TPSA) is 88.6 Å². The molecule has 1 amide bonds. The van der Waals surface area contributed by atoms with Crippen LogP contribution < -0.4 is 10.1 Å². The molecule has 3 aromatic rings. The Morgan fingerprint density at radius 2 is 1.77 bits per heavy atom. The Labute approximate surface area is 186 Å². The van der Waals surface area contributed by atoms with Crippen LogP contribution in [0.5, 0.6) is 5.75 Å². The monoisotopic (exact) mass is 459 g/mol. The number of hydrogen-bond acceptors (Lipinski definition) is 6. The lowest BCUT2D eigenvalue weighted by atomic mass is 10.2. The van der Waals surface area contributed by atoms with Gasteiger partial charge in [-0.1, -0.05) is 38.1 Å². The predicted molar refractivity (Wildman–Crippen MR) is 122 cm³/mol. The average molecular weight is 460 g/mol. The maximum Gasteiger partial charge on any atom is 0.271 e. The first-order valence-corrected chi connectivity index (χ1v) is 12.2. The van der Waals surface area contributed by atoms with Crippen molar-refractivity contribution in [2.24, 2.45) is 0 Å². The molecule has 0 bridgehead atoms. The van der Waals surface area contributed by atoms with Gasteiger partial charge in [0.25, 0.3) is 5.91 Å². The first-order valence-electron chi connectivity index (χ1n) is 9.86. The molecule has 0 aliphatic rings. The molecule has 0 aliphatic carbocycles. The molecule has 164 valence electrons. The van der Waals surface area contributed by atoms with Gasteiger partial charge in [-0.3, -0.25) is 4.79 Å². The van der Waals surface area contributed by atoms with Crippen molar-refractivity contribution < 1.29 is 17.9 Å². The minimum absolute atomic E-state index is 0.243. The van der Waals surface area contributed by atoms with Crippen molar-refractivity contribution in [3.63, 3.8) is 0 Å². The molecule has 0 fully saturated rings. The fraction of sp³-hybridized carbons (Fsp3) is 0.273. The Hall–Kier alpha value is -2.75. The zero-order chi connectivity index (χ0) is 22.4. The first kappa shape index (κ1) is 22.9. The zero-order valence-corrected chi connectivity index (χ0v) is 19.3. The number of sulfonamides is 1. The van der Waals surface area contributed by atoms with Crippen molar-refractivity contribution in [2.75, 3.05) is 20.2 Å². The van der Waals surface area contributed by atoms with Gasteiger partial charge in [0.1, 0.15) is 16.5 Å². The second kappa shape index (κ2) is 10.0. The predicted octanol–water partition coefficient (Wildman–Crippen LogP) is 3.78. The smallest absolute Gasteiger partial charge is 0.271 e. The Morgan fingerprint density at radius 1 is 1.10 bits per heavy atom. The number of benzene rings is 2. The second-order valence-corrected chi connectivity index (χ2v) is 9.45. The highest BCUT2D eigenvalue weighted by Crippen LogP contribution is 2.31. The normalized spacial score (nSPS) is 11.5. The third-order valence-electron chi connectivity index (χ3n) is 4.79. The molecule has 0 saturated heterocycles. The number of nitrogens with one attached hydrogen (secondary N) is 1. The number of rotatable bonds is 9. The summed E-state index contributed by atoms with van der Waals surface area (Å²) in [5, 5.41) is 5.23. The third-order valence-corrected chi connectivity index (χ3v) is 7.73. The SMILES string of the molecule is CCN(CC)S(=O)(=O)c1ccc(CNC(=O)c2csc(-c3ccccc3OC)n2)cc1. The van der Waals surface area contributed by atoms with Gasteiger partial charge in [0.05, 0.1) is 17.6 Å². The van der Waals surface area contributed by atoms with Crippen LogP contribution in [0.4, 0.5) is 0 Å². The van der Waals surface area contributed by atoms with Crippen LogP contribution in [-0.4, -0.2) is 43.8 Å². The molecular formula is C22H25N3O4S2. The molecule has 0 spiro atoms. The fourth-order valence-electron chi connectivity index (χ4n) is 3.09. The molecule has 0 unspecified atom stereocenters. The number of aromatic nitrogens is 1. The van der Waals surface area contributed by atoms with Gasteiger partial charge in [0.15, 0.2) is 0 Å². The molecule has 9 heteroatoms. The first-order chi connectivity index (χ1) is 14.9. The summed E-state index contributed by atoms with van der Waals surface area (Å²) < 4.78 is 31.9. The van der Waals surface area contributed by atoms with Gasteiger partial charge in [-0.25, -0.2) is 13.4 Å². The standard InChI is InChI=1S/C22H25N3O4S2/c1-4-25(5-2)31(27,28)17-12-10-16(11-13-17)14-23-21(26)19-15-30-22(24-19)18-8-6-7-9-20(18)29-3/h6-13,15H,4-5,14H2,1-3H3,(H,23,26).